The summed E-state index contributed by atoms with van der Waals surface area (Å²) in [5.74, 6) is 0.622. The van der Waals surface area contributed by atoms with Crippen LogP contribution in [0.3, 0.4) is 0 Å². The van der Waals surface area contributed by atoms with E-state index in [2.05, 4.69) is 65.3 Å². The van der Waals surface area contributed by atoms with Crippen molar-refractivity contribution in [1.82, 2.24) is 5.32 Å². The van der Waals surface area contributed by atoms with Gasteiger partial charge in [0.15, 0.2) is 0 Å². The quantitative estimate of drug-likeness (QED) is 0.622. The van der Waals surface area contributed by atoms with E-state index in [0.29, 0.717) is 18.0 Å². The first-order valence-corrected chi connectivity index (χ1v) is 10.00. The first-order valence-electron chi connectivity index (χ1n) is 7.22. The SMILES string of the molecule is CC(C)C(NC1CCCc2sc(I)cc21)c1cccs1. The molecule has 0 spiro atoms. The second kappa shape index (κ2) is 6.46. The molecule has 2 aromatic heterocycles. The van der Waals surface area contributed by atoms with E-state index >= 15 is 0 Å². The van der Waals surface area contributed by atoms with E-state index in [-0.39, 0.29) is 0 Å². The molecule has 0 aromatic carbocycles. The molecule has 1 N–H and O–H groups in total. The van der Waals surface area contributed by atoms with Crippen LogP contribution in [0.2, 0.25) is 0 Å². The lowest BCUT2D eigenvalue weighted by Crippen LogP contribution is -2.31. The van der Waals surface area contributed by atoms with Gasteiger partial charge >= 0.3 is 0 Å². The van der Waals surface area contributed by atoms with Crippen molar-refractivity contribution in [1.29, 1.82) is 0 Å². The average Bonchev–Trinajstić information content (AvgIpc) is 3.03. The average molecular weight is 417 g/mol. The fourth-order valence-electron chi connectivity index (χ4n) is 2.98. The Morgan fingerprint density at radius 2 is 2.25 bits per heavy atom. The second-order valence-electron chi connectivity index (χ2n) is 5.78. The van der Waals surface area contributed by atoms with Gasteiger partial charge in [-0.3, -0.25) is 0 Å². The molecule has 1 nitrogen and oxygen atoms in total. The zero-order valence-electron chi connectivity index (χ0n) is 11.9. The number of rotatable bonds is 4. The first-order chi connectivity index (χ1) is 9.65. The van der Waals surface area contributed by atoms with Crippen molar-refractivity contribution in [2.75, 3.05) is 0 Å². The molecule has 2 unspecified atom stereocenters. The van der Waals surface area contributed by atoms with Crippen LogP contribution >= 0.6 is 45.3 Å². The van der Waals surface area contributed by atoms with Gasteiger partial charge in [0.2, 0.25) is 0 Å². The fraction of sp³-hybridized carbons (Fsp3) is 0.500. The van der Waals surface area contributed by atoms with Gasteiger partial charge in [-0.05, 0) is 70.8 Å². The van der Waals surface area contributed by atoms with Crippen LogP contribution in [0.5, 0.6) is 0 Å². The van der Waals surface area contributed by atoms with Gasteiger partial charge < -0.3 is 5.32 Å². The zero-order chi connectivity index (χ0) is 14.1. The molecule has 20 heavy (non-hydrogen) atoms. The summed E-state index contributed by atoms with van der Waals surface area (Å²) in [5.41, 5.74) is 1.56. The van der Waals surface area contributed by atoms with Crippen LogP contribution in [0.1, 0.15) is 54.1 Å². The van der Waals surface area contributed by atoms with Crippen LogP contribution in [-0.4, -0.2) is 0 Å². The van der Waals surface area contributed by atoms with Crippen molar-refractivity contribution in [3.8, 4) is 0 Å². The van der Waals surface area contributed by atoms with Crippen LogP contribution in [-0.2, 0) is 6.42 Å². The predicted octanol–water partition coefficient (Wildman–Crippen LogP) is 5.78. The van der Waals surface area contributed by atoms with Crippen molar-refractivity contribution in [2.45, 2.75) is 45.2 Å². The Kier molecular flexibility index (Phi) is 4.85. The monoisotopic (exact) mass is 417 g/mol. The molecule has 108 valence electrons. The second-order valence-corrected chi connectivity index (χ2v) is 9.79. The maximum atomic E-state index is 3.94. The highest BCUT2D eigenvalue weighted by Gasteiger charge is 2.27. The minimum atomic E-state index is 0.475. The molecule has 0 saturated carbocycles. The number of thiophene rings is 2. The van der Waals surface area contributed by atoms with E-state index in [1.165, 1.54) is 27.0 Å². The van der Waals surface area contributed by atoms with Gasteiger partial charge in [0, 0.05) is 21.8 Å². The lowest BCUT2D eigenvalue weighted by atomic mass is 9.91. The van der Waals surface area contributed by atoms with Crippen molar-refractivity contribution >= 4 is 45.3 Å². The molecule has 0 fully saturated rings. The predicted molar refractivity (Wildman–Crippen MR) is 97.7 cm³/mol. The van der Waals surface area contributed by atoms with E-state index in [0.717, 1.165) is 0 Å². The van der Waals surface area contributed by atoms with Crippen LogP contribution in [0.15, 0.2) is 23.6 Å². The number of fused-ring (bicyclic) bond motifs is 1. The van der Waals surface area contributed by atoms with Crippen molar-refractivity contribution in [3.63, 3.8) is 0 Å². The summed E-state index contributed by atoms with van der Waals surface area (Å²) in [7, 11) is 0. The summed E-state index contributed by atoms with van der Waals surface area (Å²) in [6, 6.07) is 7.83. The summed E-state index contributed by atoms with van der Waals surface area (Å²) in [5, 5.41) is 6.13. The van der Waals surface area contributed by atoms with E-state index in [1.807, 2.05) is 22.7 Å². The van der Waals surface area contributed by atoms with Crippen LogP contribution in [0, 0.1) is 8.80 Å². The van der Waals surface area contributed by atoms with Crippen molar-refractivity contribution < 1.29 is 0 Å². The molecule has 2 atom stereocenters. The van der Waals surface area contributed by atoms with Gasteiger partial charge in [-0.15, -0.1) is 22.7 Å². The number of halogens is 1. The number of aryl methyl sites for hydroxylation is 1. The summed E-state index contributed by atoms with van der Waals surface area (Å²) in [6.07, 6.45) is 3.86. The Hall–Kier alpha value is 0.0900. The lowest BCUT2D eigenvalue weighted by Gasteiger charge is -2.30. The molecular formula is C16H20INS2. The highest BCUT2D eigenvalue weighted by Crippen LogP contribution is 2.38. The Morgan fingerprint density at radius 3 is 2.95 bits per heavy atom. The molecule has 3 rings (SSSR count). The topological polar surface area (TPSA) is 12.0 Å². The third-order valence-corrected chi connectivity index (χ3v) is 6.91. The Bertz CT molecular complexity index is 559. The first kappa shape index (κ1) is 15.0. The summed E-state index contributed by atoms with van der Waals surface area (Å²) in [6.45, 7) is 4.64. The Balaban J connectivity index is 1.83. The normalized spacial score (nSPS) is 20.1. The van der Waals surface area contributed by atoms with Gasteiger partial charge in [0.05, 0.1) is 2.88 Å². The van der Waals surface area contributed by atoms with Gasteiger partial charge in [-0.25, -0.2) is 0 Å². The van der Waals surface area contributed by atoms with Gasteiger partial charge in [-0.2, -0.15) is 0 Å². The molecule has 1 aliphatic rings. The minimum absolute atomic E-state index is 0.475. The molecule has 2 aromatic rings. The summed E-state index contributed by atoms with van der Waals surface area (Å²) in [4.78, 5) is 3.07. The molecule has 0 bridgehead atoms. The highest BCUT2D eigenvalue weighted by atomic mass is 127. The number of hydrogen-bond donors (Lipinski definition) is 1. The van der Waals surface area contributed by atoms with E-state index in [9.17, 15) is 0 Å². The molecule has 4 heteroatoms. The van der Waals surface area contributed by atoms with Crippen molar-refractivity contribution in [2.24, 2.45) is 5.92 Å². The van der Waals surface area contributed by atoms with Crippen LogP contribution in [0.25, 0.3) is 0 Å². The fourth-order valence-corrected chi connectivity index (χ4v) is 6.06. The molecule has 0 radical (unpaired) electrons. The van der Waals surface area contributed by atoms with Crippen LogP contribution in [0.4, 0.5) is 0 Å². The van der Waals surface area contributed by atoms with Gasteiger partial charge in [0.25, 0.3) is 0 Å². The maximum Gasteiger partial charge on any atom is 0.0659 e. The van der Waals surface area contributed by atoms with Crippen LogP contribution < -0.4 is 5.32 Å². The van der Waals surface area contributed by atoms with Gasteiger partial charge in [-0.1, -0.05) is 19.9 Å². The lowest BCUT2D eigenvalue weighted by molar-refractivity contribution is 0.344. The Labute approximate surface area is 142 Å². The van der Waals surface area contributed by atoms with E-state index in [1.54, 1.807) is 10.4 Å². The molecule has 2 heterocycles. The number of nitrogens with one attached hydrogen (secondary N) is 1. The highest BCUT2D eigenvalue weighted by molar-refractivity contribution is 14.1. The third kappa shape index (κ3) is 3.13. The smallest absolute Gasteiger partial charge is 0.0659 e. The minimum Gasteiger partial charge on any atom is -0.302 e. The molecule has 0 aliphatic heterocycles. The van der Waals surface area contributed by atoms with Crippen molar-refractivity contribution in [3.05, 3.63) is 41.8 Å². The largest absolute Gasteiger partial charge is 0.302 e. The van der Waals surface area contributed by atoms with E-state index in [4.69, 9.17) is 0 Å². The van der Waals surface area contributed by atoms with E-state index < -0.39 is 0 Å². The molecule has 0 amide bonds. The molecule has 1 aliphatic carbocycles. The Morgan fingerprint density at radius 1 is 1.40 bits per heavy atom. The maximum absolute atomic E-state index is 3.94. The zero-order valence-corrected chi connectivity index (χ0v) is 15.6. The standard InChI is InChI=1S/C16H20INS2/c1-10(2)16(14-7-4-8-19-14)18-12-5-3-6-13-11(12)9-15(17)20-13/h4,7-10,12,16,18H,3,5-6H2,1-2H3. The van der Waals surface area contributed by atoms with Gasteiger partial charge in [0.1, 0.15) is 0 Å². The summed E-state index contributed by atoms with van der Waals surface area (Å²) >= 11 is 6.31. The number of hydrogen-bond acceptors (Lipinski definition) is 3. The summed E-state index contributed by atoms with van der Waals surface area (Å²) < 4.78 is 1.43. The molecule has 0 saturated heterocycles. The molecular weight excluding hydrogens is 397 g/mol. The third-order valence-electron chi connectivity index (χ3n) is 3.98.